The highest BCUT2D eigenvalue weighted by atomic mass is 32.2. The van der Waals surface area contributed by atoms with E-state index in [9.17, 15) is 8.42 Å². The van der Waals surface area contributed by atoms with Gasteiger partial charge in [-0.15, -0.1) is 0 Å². The molecule has 0 spiro atoms. The van der Waals surface area contributed by atoms with E-state index in [0.717, 1.165) is 12.3 Å². The van der Waals surface area contributed by atoms with Crippen LogP contribution in [-0.4, -0.2) is 60.7 Å². The topological polar surface area (TPSA) is 67.7 Å². The van der Waals surface area contributed by atoms with Gasteiger partial charge in [0, 0.05) is 33.4 Å². The number of ether oxygens (including phenoxy) is 1. The van der Waals surface area contributed by atoms with Crippen LogP contribution in [0.3, 0.4) is 0 Å². The first-order valence-corrected chi connectivity index (χ1v) is 9.66. The van der Waals surface area contributed by atoms with E-state index in [1.165, 1.54) is 34.3 Å². The largest absolute Gasteiger partial charge is 0.379 e. The van der Waals surface area contributed by atoms with Gasteiger partial charge in [-0.3, -0.25) is 4.68 Å². The summed E-state index contributed by atoms with van der Waals surface area (Å²) in [4.78, 5) is 0. The second-order valence-corrected chi connectivity index (χ2v) is 8.83. The second-order valence-electron chi connectivity index (χ2n) is 6.69. The minimum atomic E-state index is -3.42. The van der Waals surface area contributed by atoms with Crippen molar-refractivity contribution in [2.24, 2.45) is 5.92 Å². The maximum atomic E-state index is 12.4. The van der Waals surface area contributed by atoms with Crippen LogP contribution in [0.25, 0.3) is 0 Å². The quantitative estimate of drug-likeness (QED) is 0.780. The molecule has 0 aromatic carbocycles. The van der Waals surface area contributed by atoms with Gasteiger partial charge in [-0.25, -0.2) is 0 Å². The van der Waals surface area contributed by atoms with Gasteiger partial charge < -0.3 is 4.74 Å². The van der Waals surface area contributed by atoms with Crippen molar-refractivity contribution < 1.29 is 13.2 Å². The van der Waals surface area contributed by atoms with Gasteiger partial charge >= 0.3 is 0 Å². The maximum Gasteiger partial charge on any atom is 0.281 e. The van der Waals surface area contributed by atoms with Gasteiger partial charge in [-0.05, 0) is 24.8 Å². The van der Waals surface area contributed by atoms with Crippen LogP contribution in [-0.2, 0) is 21.5 Å². The monoisotopic (exact) mass is 342 g/mol. The van der Waals surface area contributed by atoms with Crippen molar-refractivity contribution in [3.63, 3.8) is 0 Å². The predicted molar refractivity (Wildman–Crippen MR) is 87.1 cm³/mol. The van der Waals surface area contributed by atoms with Crippen molar-refractivity contribution in [2.45, 2.75) is 38.3 Å². The van der Waals surface area contributed by atoms with Gasteiger partial charge in [0.05, 0.1) is 24.9 Å². The number of hydrogen-bond acceptors (Lipinski definition) is 4. The zero-order chi connectivity index (χ0) is 16.4. The molecular formula is C15H26N4O3S. The molecule has 1 aromatic heterocycles. The Kier molecular flexibility index (Phi) is 5.05. The van der Waals surface area contributed by atoms with Crippen molar-refractivity contribution in [3.05, 3.63) is 18.0 Å². The second kappa shape index (κ2) is 6.88. The summed E-state index contributed by atoms with van der Waals surface area (Å²) in [7, 11) is -0.299. The third kappa shape index (κ3) is 3.60. The predicted octanol–water partition coefficient (Wildman–Crippen LogP) is 1.25. The Morgan fingerprint density at radius 2 is 2.04 bits per heavy atom. The third-order valence-corrected chi connectivity index (χ3v) is 6.63. The van der Waals surface area contributed by atoms with Crippen molar-refractivity contribution >= 4 is 10.2 Å². The molecule has 0 bridgehead atoms. The number of hydrogen-bond donors (Lipinski definition) is 0. The average Bonchev–Trinajstić information content (AvgIpc) is 3.17. The molecule has 0 amide bonds. The van der Waals surface area contributed by atoms with Crippen LogP contribution in [0.4, 0.5) is 0 Å². The lowest BCUT2D eigenvalue weighted by atomic mass is 10.1. The van der Waals surface area contributed by atoms with Crippen molar-refractivity contribution in [1.82, 2.24) is 18.4 Å². The van der Waals surface area contributed by atoms with Crippen LogP contribution in [0, 0.1) is 5.92 Å². The first-order valence-electron chi connectivity index (χ1n) is 8.26. The van der Waals surface area contributed by atoms with Crippen LogP contribution in [0.15, 0.2) is 12.3 Å². The van der Waals surface area contributed by atoms with Crippen LogP contribution in [0.2, 0.25) is 0 Å². The fourth-order valence-corrected chi connectivity index (χ4v) is 4.55. The number of rotatable bonds is 6. The highest BCUT2D eigenvalue weighted by molar-refractivity contribution is 7.86. The Morgan fingerprint density at radius 1 is 1.30 bits per heavy atom. The van der Waals surface area contributed by atoms with E-state index in [2.05, 4.69) is 5.10 Å². The smallest absolute Gasteiger partial charge is 0.281 e. The molecule has 1 aliphatic heterocycles. The molecule has 1 saturated carbocycles. The molecule has 23 heavy (non-hydrogen) atoms. The van der Waals surface area contributed by atoms with Gasteiger partial charge in [0.25, 0.3) is 10.2 Å². The Morgan fingerprint density at radius 3 is 2.74 bits per heavy atom. The molecule has 1 fully saturated rings. The Labute approximate surface area is 138 Å². The highest BCUT2D eigenvalue weighted by Gasteiger charge is 2.34. The normalized spacial score (nSPS) is 23.5. The van der Waals surface area contributed by atoms with E-state index in [1.54, 1.807) is 20.3 Å². The third-order valence-electron chi connectivity index (χ3n) is 4.78. The zero-order valence-electron chi connectivity index (χ0n) is 13.9. The molecule has 1 atom stereocenters. The van der Waals surface area contributed by atoms with Crippen LogP contribution in [0.5, 0.6) is 0 Å². The summed E-state index contributed by atoms with van der Waals surface area (Å²) < 4.78 is 35.4. The highest BCUT2D eigenvalue weighted by Crippen LogP contribution is 2.27. The summed E-state index contributed by atoms with van der Waals surface area (Å²) in [6.07, 6.45) is 6.83. The van der Waals surface area contributed by atoms with Gasteiger partial charge in [-0.2, -0.15) is 22.1 Å². The van der Waals surface area contributed by atoms with Crippen molar-refractivity contribution in [3.8, 4) is 0 Å². The fraction of sp³-hybridized carbons (Fsp3) is 0.800. The first kappa shape index (κ1) is 16.9. The minimum Gasteiger partial charge on any atom is -0.379 e. The minimum absolute atomic E-state index is 0.0649. The molecule has 2 heterocycles. The van der Waals surface area contributed by atoms with E-state index in [-0.39, 0.29) is 6.04 Å². The maximum absolute atomic E-state index is 12.4. The molecule has 0 saturated heterocycles. The summed E-state index contributed by atoms with van der Waals surface area (Å²) >= 11 is 0. The van der Waals surface area contributed by atoms with E-state index in [1.807, 2.05) is 10.7 Å². The van der Waals surface area contributed by atoms with Crippen molar-refractivity contribution in [2.75, 3.05) is 33.9 Å². The molecule has 1 aromatic rings. The standard InChI is InChI=1S/C15H26N4O3S/c1-17(2)23(20,21)18-9-14-7-8-16-19(14)15(10-18)12-22-11-13-5-3-4-6-13/h7-8,13,15H,3-6,9-12H2,1-2H3/t15-/m1/s1. The van der Waals surface area contributed by atoms with Crippen LogP contribution in [0.1, 0.15) is 37.4 Å². The molecule has 0 radical (unpaired) electrons. The lowest BCUT2D eigenvalue weighted by molar-refractivity contribution is 0.0587. The Bertz CT molecular complexity index is 622. The SMILES string of the molecule is CN(C)S(=O)(=O)N1Cc2ccnn2[C@@H](COCC2CCCC2)C1. The fourth-order valence-electron chi connectivity index (χ4n) is 3.43. The summed E-state index contributed by atoms with van der Waals surface area (Å²) in [5, 5.41) is 4.35. The molecule has 2 aliphatic rings. The molecular weight excluding hydrogens is 316 g/mol. The van der Waals surface area contributed by atoms with Gasteiger partial charge in [0.2, 0.25) is 0 Å². The first-order chi connectivity index (χ1) is 11.0. The van der Waals surface area contributed by atoms with Crippen LogP contribution < -0.4 is 0 Å². The van der Waals surface area contributed by atoms with Gasteiger partial charge in [0.1, 0.15) is 0 Å². The van der Waals surface area contributed by atoms with E-state index < -0.39 is 10.2 Å². The zero-order valence-corrected chi connectivity index (χ0v) is 14.7. The Balaban J connectivity index is 1.66. The molecule has 1 aliphatic carbocycles. The van der Waals surface area contributed by atoms with Crippen LogP contribution >= 0.6 is 0 Å². The number of aromatic nitrogens is 2. The Hall–Kier alpha value is -0.960. The average molecular weight is 342 g/mol. The molecule has 130 valence electrons. The molecule has 0 unspecified atom stereocenters. The van der Waals surface area contributed by atoms with E-state index in [4.69, 9.17) is 4.74 Å². The van der Waals surface area contributed by atoms with Gasteiger partial charge in [-0.1, -0.05) is 12.8 Å². The number of fused-ring (bicyclic) bond motifs is 1. The van der Waals surface area contributed by atoms with E-state index in [0.29, 0.717) is 25.6 Å². The molecule has 3 rings (SSSR count). The van der Waals surface area contributed by atoms with Gasteiger partial charge in [0.15, 0.2) is 0 Å². The molecule has 8 heteroatoms. The number of nitrogens with zero attached hydrogens (tertiary/aromatic N) is 4. The summed E-state index contributed by atoms with van der Waals surface area (Å²) in [5.74, 6) is 0.664. The lowest BCUT2D eigenvalue weighted by Crippen LogP contribution is -2.47. The summed E-state index contributed by atoms with van der Waals surface area (Å²) in [6.45, 7) is 2.04. The summed E-state index contributed by atoms with van der Waals surface area (Å²) in [6, 6.07) is 1.81. The lowest BCUT2D eigenvalue weighted by Gasteiger charge is -2.34. The van der Waals surface area contributed by atoms with E-state index >= 15 is 0 Å². The molecule has 7 nitrogen and oxygen atoms in total. The van der Waals surface area contributed by atoms with Crippen molar-refractivity contribution in [1.29, 1.82) is 0 Å². The summed E-state index contributed by atoms with van der Waals surface area (Å²) in [5.41, 5.74) is 0.913. The molecule has 0 N–H and O–H groups in total.